The fourth-order valence-electron chi connectivity index (χ4n) is 2.02. The number of aryl methyl sites for hydroxylation is 1. The summed E-state index contributed by atoms with van der Waals surface area (Å²) in [4.78, 5) is 11.1. The van der Waals surface area contributed by atoms with Gasteiger partial charge in [-0.1, -0.05) is 12.1 Å². The molecular weight excluding hydrogens is 277 g/mol. The van der Waals surface area contributed by atoms with Crippen LogP contribution in [0.4, 0.5) is 13.2 Å². The summed E-state index contributed by atoms with van der Waals surface area (Å²) in [7, 11) is 0. The molecule has 1 unspecified atom stereocenters. The van der Waals surface area contributed by atoms with E-state index >= 15 is 0 Å². The molecule has 0 fully saturated rings. The summed E-state index contributed by atoms with van der Waals surface area (Å²) in [6.07, 6.45) is -4.18. The second-order valence-corrected chi connectivity index (χ2v) is 4.49. The van der Waals surface area contributed by atoms with E-state index < -0.39 is 29.9 Å². The van der Waals surface area contributed by atoms with Crippen LogP contribution in [-0.2, 0) is 4.79 Å². The highest BCUT2D eigenvalue weighted by Crippen LogP contribution is 2.45. The van der Waals surface area contributed by atoms with Crippen LogP contribution in [0.3, 0.4) is 0 Å². The van der Waals surface area contributed by atoms with E-state index in [-0.39, 0.29) is 11.3 Å². The topological polar surface area (TPSA) is 66.8 Å². The molecule has 0 saturated heterocycles. The van der Waals surface area contributed by atoms with Crippen LogP contribution in [-0.4, -0.2) is 34.6 Å². The van der Waals surface area contributed by atoms with Gasteiger partial charge in [0.05, 0.1) is 12.2 Å². The van der Waals surface area contributed by atoms with E-state index in [0.717, 1.165) is 6.08 Å². The molecule has 1 atom stereocenters. The first kappa shape index (κ1) is 14.4. The molecule has 2 rings (SSSR count). The van der Waals surface area contributed by atoms with Crippen LogP contribution >= 0.6 is 0 Å². The van der Waals surface area contributed by atoms with Gasteiger partial charge in [0.1, 0.15) is 5.75 Å². The number of benzene rings is 1. The van der Waals surface area contributed by atoms with Crippen molar-refractivity contribution in [1.82, 2.24) is 0 Å². The van der Waals surface area contributed by atoms with Gasteiger partial charge < -0.3 is 14.9 Å². The lowest BCUT2D eigenvalue weighted by molar-refractivity contribution is -0.245. The molecule has 0 amide bonds. The molecule has 0 radical (unpaired) electrons. The summed E-state index contributed by atoms with van der Waals surface area (Å²) < 4.78 is 44.5. The maximum Gasteiger partial charge on any atom is 0.435 e. The second-order valence-electron chi connectivity index (χ2n) is 4.49. The van der Waals surface area contributed by atoms with Crippen LogP contribution in [0.5, 0.6) is 5.75 Å². The molecular formula is C13H11F3O4. The van der Waals surface area contributed by atoms with Crippen LogP contribution in [0.25, 0.3) is 6.08 Å². The number of alkyl halides is 3. The lowest BCUT2D eigenvalue weighted by Crippen LogP contribution is -2.57. The lowest BCUT2D eigenvalue weighted by Gasteiger charge is -2.37. The number of carboxylic acids is 1. The van der Waals surface area contributed by atoms with Crippen molar-refractivity contribution >= 4 is 12.0 Å². The smallest absolute Gasteiger partial charge is 0.435 e. The van der Waals surface area contributed by atoms with Crippen molar-refractivity contribution < 1.29 is 32.9 Å². The molecule has 7 heteroatoms. The van der Waals surface area contributed by atoms with E-state index in [1.165, 1.54) is 12.1 Å². The zero-order valence-electron chi connectivity index (χ0n) is 10.4. The van der Waals surface area contributed by atoms with Gasteiger partial charge in [-0.15, -0.1) is 0 Å². The first-order chi connectivity index (χ1) is 9.21. The number of ether oxygens (including phenoxy) is 1. The number of aliphatic hydroxyl groups is 1. The Hall–Kier alpha value is -2.02. The maximum atomic E-state index is 13.2. The maximum absolute atomic E-state index is 13.2. The van der Waals surface area contributed by atoms with Crippen LogP contribution in [0.1, 0.15) is 11.1 Å². The van der Waals surface area contributed by atoms with E-state index in [1.807, 2.05) is 0 Å². The highest BCUT2D eigenvalue weighted by molar-refractivity contribution is 5.96. The summed E-state index contributed by atoms with van der Waals surface area (Å²) in [6, 6.07) is 4.45. The normalized spacial score (nSPS) is 21.8. The quantitative estimate of drug-likeness (QED) is 0.875. The first-order valence-electron chi connectivity index (χ1n) is 5.64. The zero-order valence-corrected chi connectivity index (χ0v) is 10.4. The number of aliphatic hydroxyl groups excluding tert-OH is 1. The van der Waals surface area contributed by atoms with Gasteiger partial charge in [-0.3, -0.25) is 0 Å². The third-order valence-corrected chi connectivity index (χ3v) is 3.10. The van der Waals surface area contributed by atoms with Gasteiger partial charge >= 0.3 is 12.1 Å². The molecule has 0 spiro atoms. The Kier molecular flexibility index (Phi) is 3.25. The van der Waals surface area contributed by atoms with Crippen molar-refractivity contribution in [1.29, 1.82) is 0 Å². The minimum absolute atomic E-state index is 0.110. The van der Waals surface area contributed by atoms with Crippen molar-refractivity contribution in [3.8, 4) is 5.75 Å². The second kappa shape index (κ2) is 4.52. The van der Waals surface area contributed by atoms with E-state index in [9.17, 15) is 18.0 Å². The van der Waals surface area contributed by atoms with E-state index in [2.05, 4.69) is 0 Å². The largest absolute Gasteiger partial charge is 0.478 e. The minimum atomic E-state index is -5.06. The predicted molar refractivity (Wildman–Crippen MR) is 63.3 cm³/mol. The Morgan fingerprint density at radius 2 is 2.05 bits per heavy atom. The molecule has 1 aromatic carbocycles. The Balaban J connectivity index is 2.69. The molecule has 4 nitrogen and oxygen atoms in total. The van der Waals surface area contributed by atoms with Crippen LogP contribution in [0.15, 0.2) is 23.8 Å². The SMILES string of the molecule is Cc1ccc2c(c1)OC(CO)(C(F)(F)F)C(C(=O)O)=C2. The van der Waals surface area contributed by atoms with Crippen molar-refractivity contribution in [2.75, 3.05) is 6.61 Å². The molecule has 1 aliphatic heterocycles. The van der Waals surface area contributed by atoms with E-state index in [0.29, 0.717) is 5.56 Å². The lowest BCUT2D eigenvalue weighted by atomic mass is 9.88. The van der Waals surface area contributed by atoms with Gasteiger partial charge in [0.2, 0.25) is 0 Å². The van der Waals surface area contributed by atoms with Crippen molar-refractivity contribution in [2.45, 2.75) is 18.7 Å². The van der Waals surface area contributed by atoms with Gasteiger partial charge in [0.25, 0.3) is 5.60 Å². The van der Waals surface area contributed by atoms with Crippen LogP contribution < -0.4 is 4.74 Å². The standard InChI is InChI=1S/C13H11F3O4/c1-7-2-3-8-5-9(11(18)19)12(6-17,13(14,15)16)20-10(8)4-7/h2-5,17H,6H2,1H3,(H,18,19). The van der Waals surface area contributed by atoms with Crippen molar-refractivity contribution in [3.63, 3.8) is 0 Å². The number of hydrogen-bond donors (Lipinski definition) is 2. The minimum Gasteiger partial charge on any atom is -0.478 e. The number of halogens is 3. The van der Waals surface area contributed by atoms with Crippen molar-refractivity contribution in [3.05, 3.63) is 34.9 Å². The zero-order chi connectivity index (χ0) is 15.1. The molecule has 1 aliphatic rings. The third-order valence-electron chi connectivity index (χ3n) is 3.10. The fraction of sp³-hybridized carbons (Fsp3) is 0.308. The van der Waals surface area contributed by atoms with Crippen molar-refractivity contribution in [2.24, 2.45) is 0 Å². The Bertz CT molecular complexity index is 592. The Morgan fingerprint density at radius 3 is 2.55 bits per heavy atom. The molecule has 1 heterocycles. The van der Waals surface area contributed by atoms with Crippen LogP contribution in [0, 0.1) is 6.92 Å². The Morgan fingerprint density at radius 1 is 1.40 bits per heavy atom. The summed E-state index contributed by atoms with van der Waals surface area (Å²) >= 11 is 0. The number of hydrogen-bond acceptors (Lipinski definition) is 3. The van der Waals surface area contributed by atoms with E-state index in [4.69, 9.17) is 14.9 Å². The molecule has 0 aliphatic carbocycles. The summed E-state index contributed by atoms with van der Waals surface area (Å²) in [5, 5.41) is 18.1. The molecule has 108 valence electrons. The number of fused-ring (bicyclic) bond motifs is 1. The summed E-state index contributed by atoms with van der Waals surface area (Å²) in [5.41, 5.74) is -3.41. The van der Waals surface area contributed by atoms with Gasteiger partial charge in [-0.05, 0) is 24.6 Å². The molecule has 20 heavy (non-hydrogen) atoms. The number of carboxylic acid groups (broad SMARTS) is 1. The Labute approximate surface area is 112 Å². The van der Waals surface area contributed by atoms with Gasteiger partial charge in [0.15, 0.2) is 0 Å². The van der Waals surface area contributed by atoms with Crippen LogP contribution in [0.2, 0.25) is 0 Å². The van der Waals surface area contributed by atoms with E-state index in [1.54, 1.807) is 13.0 Å². The monoisotopic (exact) mass is 288 g/mol. The molecule has 0 bridgehead atoms. The average molecular weight is 288 g/mol. The third kappa shape index (κ3) is 2.03. The van der Waals surface area contributed by atoms with Gasteiger partial charge in [0, 0.05) is 5.56 Å². The number of aliphatic carboxylic acids is 1. The predicted octanol–water partition coefficient (Wildman–Crippen LogP) is 2.15. The highest BCUT2D eigenvalue weighted by Gasteiger charge is 2.63. The summed E-state index contributed by atoms with van der Waals surface area (Å²) in [5.74, 6) is -1.90. The first-order valence-corrected chi connectivity index (χ1v) is 5.64. The number of carbonyl (C=O) groups is 1. The molecule has 0 aromatic heterocycles. The molecule has 1 aromatic rings. The summed E-state index contributed by atoms with van der Waals surface area (Å²) in [6.45, 7) is 0.149. The van der Waals surface area contributed by atoms with Gasteiger partial charge in [-0.2, -0.15) is 13.2 Å². The molecule has 0 saturated carbocycles. The average Bonchev–Trinajstić information content (AvgIpc) is 2.35. The van der Waals surface area contributed by atoms with Gasteiger partial charge in [-0.25, -0.2) is 4.79 Å². The fourth-order valence-corrected chi connectivity index (χ4v) is 2.02. The highest BCUT2D eigenvalue weighted by atomic mass is 19.4. The number of rotatable bonds is 2. The molecule has 2 N–H and O–H groups in total.